The summed E-state index contributed by atoms with van der Waals surface area (Å²) in [5.41, 5.74) is 13.7. The van der Waals surface area contributed by atoms with E-state index >= 15 is 0 Å². The van der Waals surface area contributed by atoms with Crippen molar-refractivity contribution >= 4 is 76.7 Å². The lowest BCUT2D eigenvalue weighted by Crippen LogP contribution is -2.24. The van der Waals surface area contributed by atoms with Gasteiger partial charge in [0, 0.05) is 61.1 Å². The van der Waals surface area contributed by atoms with Gasteiger partial charge >= 0.3 is 0 Å². The van der Waals surface area contributed by atoms with Gasteiger partial charge in [-0.25, -0.2) is 0 Å². The summed E-state index contributed by atoms with van der Waals surface area (Å²) in [6, 6.07) is 75.6. The first-order valence-electron chi connectivity index (χ1n) is 21.5. The fourth-order valence-electron chi connectivity index (χ4n) is 10.6. The van der Waals surface area contributed by atoms with Crippen molar-refractivity contribution in [1.29, 1.82) is 0 Å². The summed E-state index contributed by atoms with van der Waals surface area (Å²) in [5, 5.41) is 9.92. The Balaban J connectivity index is 1.13. The van der Waals surface area contributed by atoms with E-state index in [0.717, 1.165) is 39.7 Å². The van der Waals surface area contributed by atoms with E-state index in [1.54, 1.807) is 0 Å². The normalized spacial score (nSPS) is 13.3. The summed E-state index contributed by atoms with van der Waals surface area (Å²) < 4.78 is 9.33. The lowest BCUT2D eigenvalue weighted by atomic mass is 9.76. The van der Waals surface area contributed by atoms with Crippen molar-refractivity contribution < 1.29 is 4.74 Å². The molecule has 1 aliphatic rings. The molecule has 0 fully saturated rings. The summed E-state index contributed by atoms with van der Waals surface area (Å²) in [6.45, 7) is 4.61. The predicted octanol–water partition coefficient (Wildman–Crippen LogP) is 16.4. The Kier molecular flexibility index (Phi) is 7.36. The van der Waals surface area contributed by atoms with Gasteiger partial charge in [-0.1, -0.05) is 166 Å². The standard InChI is InChI=1S/C59H40N2O/c1-59(2)50-25-9-11-28-55(50)62-56-36-41(30-31-51(56)59)60(53-32-29-40(33-47(53)38-15-4-3-5-16-38)44-23-12-18-37-17-6-7-21-43(37)44)42-34-48-45-22-8-10-26-52(45)61-54-27-14-20-39-19-13-24-46(57(39)54)49(35-42)58(48)61/h3-36H,1-2H3. The molecule has 0 spiro atoms. The van der Waals surface area contributed by atoms with E-state index in [0.29, 0.717) is 0 Å². The van der Waals surface area contributed by atoms with Crippen molar-refractivity contribution in [3.05, 3.63) is 217 Å². The van der Waals surface area contributed by atoms with Crippen LogP contribution >= 0.6 is 0 Å². The lowest BCUT2D eigenvalue weighted by Gasteiger charge is -2.36. The quantitative estimate of drug-likeness (QED) is 0.128. The molecule has 0 unspecified atom stereocenters. The summed E-state index contributed by atoms with van der Waals surface area (Å²) in [6.07, 6.45) is 0. The van der Waals surface area contributed by atoms with Gasteiger partial charge < -0.3 is 14.0 Å². The molecule has 0 amide bonds. The number of rotatable bonds is 5. The van der Waals surface area contributed by atoms with Crippen LogP contribution < -0.4 is 9.64 Å². The molecule has 3 heteroatoms. The average molecular weight is 793 g/mol. The van der Waals surface area contributed by atoms with Crippen molar-refractivity contribution in [1.82, 2.24) is 4.40 Å². The van der Waals surface area contributed by atoms with Gasteiger partial charge in [-0.15, -0.1) is 0 Å². The van der Waals surface area contributed by atoms with Gasteiger partial charge in [-0.3, -0.25) is 0 Å². The van der Waals surface area contributed by atoms with Crippen LogP contribution in [0.1, 0.15) is 25.0 Å². The van der Waals surface area contributed by atoms with Crippen LogP contribution in [-0.4, -0.2) is 4.40 Å². The highest BCUT2D eigenvalue weighted by atomic mass is 16.5. The van der Waals surface area contributed by atoms with Crippen LogP contribution in [0.25, 0.3) is 81.9 Å². The number of hydrogen-bond acceptors (Lipinski definition) is 2. The highest BCUT2D eigenvalue weighted by Gasteiger charge is 2.35. The van der Waals surface area contributed by atoms with E-state index in [4.69, 9.17) is 4.74 Å². The van der Waals surface area contributed by atoms with Gasteiger partial charge in [0.05, 0.1) is 22.2 Å². The lowest BCUT2D eigenvalue weighted by molar-refractivity contribution is 0.418. The van der Waals surface area contributed by atoms with Gasteiger partial charge in [-0.2, -0.15) is 0 Å². The van der Waals surface area contributed by atoms with Crippen molar-refractivity contribution in [2.24, 2.45) is 0 Å². The number of ether oxygens (including phenoxy) is 1. The van der Waals surface area contributed by atoms with Gasteiger partial charge in [0.2, 0.25) is 0 Å². The average Bonchev–Trinajstić information content (AvgIpc) is 3.65. The Morgan fingerprint density at radius 1 is 0.419 bits per heavy atom. The molecule has 12 aromatic rings. The number of hydrogen-bond donors (Lipinski definition) is 0. The summed E-state index contributed by atoms with van der Waals surface area (Å²) in [4.78, 5) is 2.47. The van der Waals surface area contributed by atoms with Crippen molar-refractivity contribution in [3.8, 4) is 33.8 Å². The molecule has 2 aromatic heterocycles. The molecule has 10 aromatic carbocycles. The molecule has 0 aliphatic carbocycles. The zero-order valence-corrected chi connectivity index (χ0v) is 34.4. The Morgan fingerprint density at radius 2 is 1.08 bits per heavy atom. The van der Waals surface area contributed by atoms with Gasteiger partial charge in [0.1, 0.15) is 11.5 Å². The third-order valence-corrected chi connectivity index (χ3v) is 13.5. The molecule has 62 heavy (non-hydrogen) atoms. The number of nitrogens with zero attached hydrogens (tertiary/aromatic N) is 2. The number of aromatic nitrogens is 1. The van der Waals surface area contributed by atoms with Crippen LogP contribution in [0.2, 0.25) is 0 Å². The molecule has 3 heterocycles. The second-order valence-electron chi connectivity index (χ2n) is 17.3. The maximum Gasteiger partial charge on any atom is 0.133 e. The van der Waals surface area contributed by atoms with E-state index in [1.165, 1.54) is 81.9 Å². The monoisotopic (exact) mass is 792 g/mol. The van der Waals surface area contributed by atoms with Crippen molar-refractivity contribution in [2.75, 3.05) is 4.90 Å². The smallest absolute Gasteiger partial charge is 0.133 e. The SMILES string of the molecule is CC1(C)c2ccccc2Oc2cc(N(c3cc4c5cccc6cccc(c65)n5c6ccccc6c(c3)c45)c3ccc(-c4cccc5ccccc45)cc3-c3ccccc3)ccc21. The minimum Gasteiger partial charge on any atom is -0.457 e. The van der Waals surface area contributed by atoms with Crippen LogP contribution in [-0.2, 0) is 5.41 Å². The molecule has 3 nitrogen and oxygen atoms in total. The third kappa shape index (κ3) is 5.00. The first-order chi connectivity index (χ1) is 30.5. The highest BCUT2D eigenvalue weighted by molar-refractivity contribution is 6.28. The van der Waals surface area contributed by atoms with Crippen LogP contribution in [0.5, 0.6) is 11.5 Å². The topological polar surface area (TPSA) is 16.9 Å². The predicted molar refractivity (Wildman–Crippen MR) is 260 cm³/mol. The van der Waals surface area contributed by atoms with Crippen molar-refractivity contribution in [2.45, 2.75) is 19.3 Å². The second-order valence-corrected chi connectivity index (χ2v) is 17.3. The molecule has 1 aliphatic heterocycles. The first-order valence-corrected chi connectivity index (χ1v) is 21.5. The summed E-state index contributed by atoms with van der Waals surface area (Å²) in [7, 11) is 0. The van der Waals surface area contributed by atoms with Crippen LogP contribution in [0, 0.1) is 0 Å². The molecule has 0 saturated carbocycles. The highest BCUT2D eigenvalue weighted by Crippen LogP contribution is 2.52. The number of pyridine rings is 1. The minimum absolute atomic E-state index is 0.236. The number of benzene rings is 10. The Labute approximate surface area is 359 Å². The molecule has 0 bridgehead atoms. The van der Waals surface area contributed by atoms with E-state index < -0.39 is 0 Å². The molecule has 13 rings (SSSR count). The van der Waals surface area contributed by atoms with Crippen LogP contribution in [0.15, 0.2) is 206 Å². The van der Waals surface area contributed by atoms with E-state index in [1.807, 2.05) is 0 Å². The largest absolute Gasteiger partial charge is 0.457 e. The maximum atomic E-state index is 6.84. The van der Waals surface area contributed by atoms with Gasteiger partial charge in [0.25, 0.3) is 0 Å². The fraction of sp³-hybridized carbons (Fsp3) is 0.0508. The van der Waals surface area contributed by atoms with Crippen LogP contribution in [0.4, 0.5) is 17.1 Å². The third-order valence-electron chi connectivity index (χ3n) is 13.5. The van der Waals surface area contributed by atoms with E-state index in [2.05, 4.69) is 229 Å². The molecule has 292 valence electrons. The fourth-order valence-corrected chi connectivity index (χ4v) is 10.6. The van der Waals surface area contributed by atoms with Gasteiger partial charge in [-0.05, 0) is 86.8 Å². The number of para-hydroxylation sites is 2. The Morgan fingerprint density at radius 3 is 1.97 bits per heavy atom. The molecular formula is C59H40N2O. The number of fused-ring (bicyclic) bond motifs is 8. The Hall–Kier alpha value is -7.88. The molecule has 0 N–H and O–H groups in total. The van der Waals surface area contributed by atoms with Gasteiger partial charge in [0.15, 0.2) is 0 Å². The maximum absolute atomic E-state index is 6.84. The van der Waals surface area contributed by atoms with E-state index in [9.17, 15) is 0 Å². The molecule has 0 atom stereocenters. The first kappa shape index (κ1) is 34.9. The molecule has 0 saturated heterocycles. The minimum atomic E-state index is -0.236. The van der Waals surface area contributed by atoms with Crippen LogP contribution in [0.3, 0.4) is 0 Å². The second kappa shape index (κ2) is 13.1. The zero-order valence-electron chi connectivity index (χ0n) is 34.4. The summed E-state index contributed by atoms with van der Waals surface area (Å²) >= 11 is 0. The molecule has 0 radical (unpaired) electrons. The number of anilines is 3. The molecular weight excluding hydrogens is 753 g/mol. The zero-order chi connectivity index (χ0) is 41.1. The van der Waals surface area contributed by atoms with E-state index in [-0.39, 0.29) is 5.41 Å². The van der Waals surface area contributed by atoms with Crippen molar-refractivity contribution in [3.63, 3.8) is 0 Å². The summed E-state index contributed by atoms with van der Waals surface area (Å²) in [5.74, 6) is 1.78. The Bertz CT molecular complexity index is 3750.